The third-order valence-electron chi connectivity index (χ3n) is 2.76. The second kappa shape index (κ2) is 5.51. The molecule has 0 aliphatic carbocycles. The number of carbonyl (C=O) groups is 2. The fraction of sp³-hybridized carbons (Fsp3) is 0.429. The first-order valence-electron chi connectivity index (χ1n) is 6.56. The number of fused-ring (bicyclic) bond motifs is 1. The number of esters is 1. The molecule has 2 rings (SSSR count). The average Bonchev–Trinajstić information content (AvgIpc) is 2.76. The van der Waals surface area contributed by atoms with E-state index in [1.54, 1.807) is 10.7 Å². The van der Waals surface area contributed by atoms with Gasteiger partial charge < -0.3 is 10.1 Å². The zero-order chi connectivity index (χ0) is 15.6. The van der Waals surface area contributed by atoms with Crippen molar-refractivity contribution in [3.8, 4) is 0 Å². The first-order valence-corrected chi connectivity index (χ1v) is 6.56. The van der Waals surface area contributed by atoms with Crippen LogP contribution in [0.2, 0.25) is 0 Å². The molecule has 2 aromatic rings. The molecule has 21 heavy (non-hydrogen) atoms. The van der Waals surface area contributed by atoms with E-state index < -0.39 is 11.9 Å². The molecule has 0 saturated heterocycles. The van der Waals surface area contributed by atoms with E-state index in [4.69, 9.17) is 0 Å². The van der Waals surface area contributed by atoms with Gasteiger partial charge in [0.2, 0.25) is 0 Å². The summed E-state index contributed by atoms with van der Waals surface area (Å²) in [5, 5.41) is 7.02. The Morgan fingerprint density at radius 2 is 2.05 bits per heavy atom. The molecular weight excluding hydrogens is 272 g/mol. The number of rotatable bonds is 3. The van der Waals surface area contributed by atoms with Gasteiger partial charge in [0.25, 0.3) is 5.91 Å². The van der Waals surface area contributed by atoms with E-state index in [0.717, 1.165) is 5.69 Å². The zero-order valence-corrected chi connectivity index (χ0v) is 12.5. The van der Waals surface area contributed by atoms with E-state index in [-0.39, 0.29) is 12.0 Å². The van der Waals surface area contributed by atoms with Crippen molar-refractivity contribution in [1.29, 1.82) is 0 Å². The lowest BCUT2D eigenvalue weighted by Crippen LogP contribution is -2.19. The van der Waals surface area contributed by atoms with Gasteiger partial charge >= 0.3 is 5.97 Å². The molecule has 7 heteroatoms. The van der Waals surface area contributed by atoms with Crippen molar-refractivity contribution in [1.82, 2.24) is 14.6 Å². The number of aromatic nitrogens is 3. The first kappa shape index (κ1) is 15.0. The minimum atomic E-state index is -0.503. The van der Waals surface area contributed by atoms with Crippen LogP contribution in [0.15, 0.2) is 18.3 Å². The predicted octanol–water partition coefficient (Wildman–Crippen LogP) is 1.53. The van der Waals surface area contributed by atoms with Crippen molar-refractivity contribution in [3.05, 3.63) is 24.0 Å². The zero-order valence-electron chi connectivity index (χ0n) is 12.5. The number of amides is 1. The van der Waals surface area contributed by atoms with Crippen molar-refractivity contribution in [2.45, 2.75) is 33.1 Å². The Bertz CT molecular complexity index is 685. The maximum absolute atomic E-state index is 11.6. The monoisotopic (exact) mass is 290 g/mol. The first-order chi connectivity index (χ1) is 9.75. The van der Waals surface area contributed by atoms with Gasteiger partial charge in [0, 0.05) is 12.3 Å². The molecule has 0 aromatic carbocycles. The van der Waals surface area contributed by atoms with E-state index in [1.165, 1.54) is 6.92 Å². The van der Waals surface area contributed by atoms with Gasteiger partial charge in [0.05, 0.1) is 11.9 Å². The van der Waals surface area contributed by atoms with Crippen molar-refractivity contribution in [2.24, 2.45) is 0 Å². The molecule has 0 radical (unpaired) electrons. The van der Waals surface area contributed by atoms with E-state index in [9.17, 15) is 9.59 Å². The van der Waals surface area contributed by atoms with Crippen molar-refractivity contribution in [3.63, 3.8) is 0 Å². The third kappa shape index (κ3) is 3.77. The molecule has 0 atom stereocenters. The van der Waals surface area contributed by atoms with Gasteiger partial charge in [-0.05, 0) is 12.1 Å². The average molecular weight is 290 g/mol. The summed E-state index contributed by atoms with van der Waals surface area (Å²) in [4.78, 5) is 26.4. The Labute approximate surface area is 122 Å². The summed E-state index contributed by atoms with van der Waals surface area (Å²) in [6.07, 6.45) is 1.62. The molecule has 7 nitrogen and oxygen atoms in total. The van der Waals surface area contributed by atoms with Crippen LogP contribution in [0.25, 0.3) is 5.65 Å². The standard InChI is InChI=1S/C14H18N4O3/c1-9(19)21-8-13(20)16-11-7-18-12(15-11)6-5-10(17-18)14(2,3)4/h5-7H,8H2,1-4H3,(H,16,20). The lowest BCUT2D eigenvalue weighted by Gasteiger charge is -2.16. The number of imidazole rings is 1. The van der Waals surface area contributed by atoms with Gasteiger partial charge in [0.15, 0.2) is 18.1 Å². The van der Waals surface area contributed by atoms with Crippen molar-refractivity contribution in [2.75, 3.05) is 11.9 Å². The molecule has 0 aliphatic rings. The number of ether oxygens (including phenoxy) is 1. The van der Waals surface area contributed by atoms with E-state index in [0.29, 0.717) is 11.5 Å². The molecule has 1 N–H and O–H groups in total. The van der Waals surface area contributed by atoms with E-state index in [1.807, 2.05) is 12.1 Å². The van der Waals surface area contributed by atoms with Crippen molar-refractivity contribution >= 4 is 23.3 Å². The van der Waals surface area contributed by atoms with Crippen LogP contribution in [-0.2, 0) is 19.7 Å². The van der Waals surface area contributed by atoms with Crippen LogP contribution in [0.1, 0.15) is 33.4 Å². The van der Waals surface area contributed by atoms with Gasteiger partial charge in [-0.3, -0.25) is 9.59 Å². The summed E-state index contributed by atoms with van der Waals surface area (Å²) in [7, 11) is 0. The maximum Gasteiger partial charge on any atom is 0.303 e. The fourth-order valence-corrected chi connectivity index (χ4v) is 1.69. The number of nitrogens with zero attached hydrogens (tertiary/aromatic N) is 3. The summed E-state index contributed by atoms with van der Waals surface area (Å²) >= 11 is 0. The molecule has 2 heterocycles. The highest BCUT2D eigenvalue weighted by Crippen LogP contribution is 2.20. The topological polar surface area (TPSA) is 85.6 Å². The smallest absolute Gasteiger partial charge is 0.303 e. The number of hydrogen-bond donors (Lipinski definition) is 1. The van der Waals surface area contributed by atoms with Crippen LogP contribution in [0.3, 0.4) is 0 Å². The van der Waals surface area contributed by atoms with Crippen LogP contribution in [-0.4, -0.2) is 33.1 Å². The van der Waals surface area contributed by atoms with E-state index in [2.05, 4.69) is 40.9 Å². The summed E-state index contributed by atoms with van der Waals surface area (Å²) in [6, 6.07) is 3.75. The summed E-state index contributed by atoms with van der Waals surface area (Å²) < 4.78 is 6.23. The Balaban J connectivity index is 2.15. The van der Waals surface area contributed by atoms with Gasteiger partial charge in [-0.1, -0.05) is 20.8 Å². The van der Waals surface area contributed by atoms with Gasteiger partial charge in [0.1, 0.15) is 0 Å². The summed E-state index contributed by atoms with van der Waals surface area (Å²) in [6.45, 7) is 7.12. The largest absolute Gasteiger partial charge is 0.456 e. The molecule has 0 unspecified atom stereocenters. The van der Waals surface area contributed by atoms with Crippen LogP contribution in [0.4, 0.5) is 5.82 Å². The Kier molecular flexibility index (Phi) is 3.93. The van der Waals surface area contributed by atoms with Gasteiger partial charge in [-0.15, -0.1) is 0 Å². The minimum absolute atomic E-state index is 0.0722. The molecule has 112 valence electrons. The molecule has 0 fully saturated rings. The maximum atomic E-state index is 11.6. The highest BCUT2D eigenvalue weighted by atomic mass is 16.5. The van der Waals surface area contributed by atoms with Gasteiger partial charge in [-0.2, -0.15) is 5.10 Å². The number of hydrogen-bond acceptors (Lipinski definition) is 5. The molecule has 0 spiro atoms. The third-order valence-corrected chi connectivity index (χ3v) is 2.76. The van der Waals surface area contributed by atoms with Gasteiger partial charge in [-0.25, -0.2) is 9.50 Å². The van der Waals surface area contributed by atoms with Crippen LogP contribution < -0.4 is 5.32 Å². The Morgan fingerprint density at radius 3 is 2.67 bits per heavy atom. The number of carbonyl (C=O) groups excluding carboxylic acids is 2. The molecule has 1 amide bonds. The van der Waals surface area contributed by atoms with Crippen LogP contribution >= 0.6 is 0 Å². The summed E-state index contributed by atoms with van der Waals surface area (Å²) in [5.74, 6) is -0.577. The van der Waals surface area contributed by atoms with Crippen LogP contribution in [0.5, 0.6) is 0 Å². The lowest BCUT2D eigenvalue weighted by atomic mass is 9.92. The Morgan fingerprint density at radius 1 is 1.33 bits per heavy atom. The predicted molar refractivity (Wildman–Crippen MR) is 76.9 cm³/mol. The molecule has 0 aliphatic heterocycles. The van der Waals surface area contributed by atoms with Crippen LogP contribution in [0, 0.1) is 0 Å². The summed E-state index contributed by atoms with van der Waals surface area (Å²) in [5.41, 5.74) is 1.48. The fourth-order valence-electron chi connectivity index (χ4n) is 1.69. The van der Waals surface area contributed by atoms with E-state index >= 15 is 0 Å². The number of nitrogens with one attached hydrogen (secondary N) is 1. The normalized spacial score (nSPS) is 11.4. The SMILES string of the molecule is CC(=O)OCC(=O)Nc1cn2nc(C(C)(C)C)ccc2n1. The number of anilines is 1. The molecule has 2 aromatic heterocycles. The molecule has 0 bridgehead atoms. The van der Waals surface area contributed by atoms with Crippen molar-refractivity contribution < 1.29 is 14.3 Å². The lowest BCUT2D eigenvalue weighted by molar-refractivity contribution is -0.144. The minimum Gasteiger partial charge on any atom is -0.456 e. The highest BCUT2D eigenvalue weighted by molar-refractivity contribution is 5.92. The Hall–Kier alpha value is -2.44. The second-order valence-electron chi connectivity index (χ2n) is 5.73. The molecule has 0 saturated carbocycles. The highest BCUT2D eigenvalue weighted by Gasteiger charge is 2.16. The molecular formula is C14H18N4O3. The second-order valence-corrected chi connectivity index (χ2v) is 5.73. The quantitative estimate of drug-likeness (QED) is 0.866.